The lowest BCUT2D eigenvalue weighted by molar-refractivity contribution is -0.209. The summed E-state index contributed by atoms with van der Waals surface area (Å²) < 4.78 is 5.58. The number of carbonyl (C=O) groups excluding carboxylic acids is 2. The highest BCUT2D eigenvalue weighted by molar-refractivity contribution is 5.93. The molecule has 8 atom stereocenters. The lowest BCUT2D eigenvalue weighted by Gasteiger charge is -2.63. The number of aliphatic hydroxyl groups is 1. The highest BCUT2D eigenvalue weighted by Gasteiger charge is 2.67. The second-order valence-electron chi connectivity index (χ2n) is 11.7. The predicted molar refractivity (Wildman–Crippen MR) is 115 cm³/mol. The average Bonchev–Trinajstić information content (AvgIpc) is 3.22. The minimum atomic E-state index is -0.603. The van der Waals surface area contributed by atoms with Gasteiger partial charge in [-0.15, -0.1) is 0 Å². The van der Waals surface area contributed by atoms with Gasteiger partial charge in [-0.2, -0.15) is 0 Å². The van der Waals surface area contributed by atoms with Crippen molar-refractivity contribution in [3.63, 3.8) is 0 Å². The van der Waals surface area contributed by atoms with Gasteiger partial charge in [-0.25, -0.2) is 0 Å². The number of hydrogen-bond acceptors (Lipinski definition) is 4. The summed E-state index contributed by atoms with van der Waals surface area (Å²) >= 11 is 0. The SMILES string of the molecule is CC(=O)OC1CCC2(C)C(CC[C@@H]3[C@@H]2CCC2(C)C(C4=CC(=O)CC4)CCC32O)C1. The van der Waals surface area contributed by atoms with Crippen LogP contribution in [0.1, 0.15) is 91.4 Å². The van der Waals surface area contributed by atoms with Crippen LogP contribution in [-0.4, -0.2) is 28.6 Å². The fourth-order valence-corrected chi connectivity index (χ4v) is 9.02. The molecule has 0 amide bonds. The molecule has 4 saturated carbocycles. The highest BCUT2D eigenvalue weighted by atomic mass is 16.5. The van der Waals surface area contributed by atoms with Crippen molar-refractivity contribution < 1.29 is 19.4 Å². The maximum Gasteiger partial charge on any atom is 0.302 e. The lowest BCUT2D eigenvalue weighted by Crippen LogP contribution is -2.62. The van der Waals surface area contributed by atoms with Crippen LogP contribution in [0.4, 0.5) is 0 Å². The number of esters is 1. The molecule has 0 saturated heterocycles. The lowest BCUT2D eigenvalue weighted by atomic mass is 9.43. The Labute approximate surface area is 180 Å². The van der Waals surface area contributed by atoms with Gasteiger partial charge < -0.3 is 9.84 Å². The van der Waals surface area contributed by atoms with E-state index >= 15 is 0 Å². The molecule has 5 rings (SSSR count). The molecule has 0 radical (unpaired) electrons. The first-order valence-corrected chi connectivity index (χ1v) is 12.3. The molecule has 0 aromatic carbocycles. The van der Waals surface area contributed by atoms with E-state index in [0.717, 1.165) is 57.8 Å². The van der Waals surface area contributed by atoms with Crippen LogP contribution in [0, 0.1) is 34.5 Å². The molecule has 0 spiro atoms. The van der Waals surface area contributed by atoms with Crippen molar-refractivity contribution in [3.8, 4) is 0 Å². The van der Waals surface area contributed by atoms with Crippen LogP contribution < -0.4 is 0 Å². The minimum absolute atomic E-state index is 0.0803. The molecule has 30 heavy (non-hydrogen) atoms. The highest BCUT2D eigenvalue weighted by Crippen LogP contribution is 2.70. The number of ketones is 1. The molecule has 4 heteroatoms. The Bertz CT molecular complexity index is 786. The Hall–Kier alpha value is -1.16. The Balaban J connectivity index is 1.40. The zero-order valence-electron chi connectivity index (χ0n) is 18.9. The van der Waals surface area contributed by atoms with Gasteiger partial charge in [0.15, 0.2) is 5.78 Å². The van der Waals surface area contributed by atoms with Crippen molar-refractivity contribution in [2.24, 2.45) is 34.5 Å². The maximum atomic E-state index is 12.3. The molecule has 6 unspecified atom stereocenters. The maximum absolute atomic E-state index is 12.3. The van der Waals surface area contributed by atoms with E-state index in [9.17, 15) is 14.7 Å². The normalized spacial score (nSPS) is 50.3. The van der Waals surface area contributed by atoms with E-state index in [1.807, 2.05) is 6.08 Å². The average molecular weight is 415 g/mol. The first kappa shape index (κ1) is 20.7. The summed E-state index contributed by atoms with van der Waals surface area (Å²) in [6, 6.07) is 0. The minimum Gasteiger partial charge on any atom is -0.463 e. The summed E-state index contributed by atoms with van der Waals surface area (Å²) in [5.41, 5.74) is 0.868. The number of carbonyl (C=O) groups is 2. The van der Waals surface area contributed by atoms with Crippen LogP contribution >= 0.6 is 0 Å². The van der Waals surface area contributed by atoms with Crippen LogP contribution in [0.2, 0.25) is 0 Å². The van der Waals surface area contributed by atoms with Gasteiger partial charge in [-0.05, 0) is 99.4 Å². The van der Waals surface area contributed by atoms with Crippen LogP contribution in [0.5, 0.6) is 0 Å². The van der Waals surface area contributed by atoms with Gasteiger partial charge in [0, 0.05) is 18.8 Å². The largest absolute Gasteiger partial charge is 0.463 e. The molecule has 0 aliphatic heterocycles. The van der Waals surface area contributed by atoms with Crippen molar-refractivity contribution >= 4 is 11.8 Å². The smallest absolute Gasteiger partial charge is 0.302 e. The van der Waals surface area contributed by atoms with Gasteiger partial charge in [-0.1, -0.05) is 19.4 Å². The predicted octanol–water partition coefficient (Wildman–Crippen LogP) is 4.98. The Morgan fingerprint density at radius 1 is 1.03 bits per heavy atom. The molecule has 5 aliphatic rings. The first-order valence-electron chi connectivity index (χ1n) is 12.3. The third-order valence-electron chi connectivity index (χ3n) is 10.6. The number of rotatable bonds is 2. The second kappa shape index (κ2) is 6.92. The third-order valence-corrected chi connectivity index (χ3v) is 10.6. The molecular formula is C26H38O4. The van der Waals surface area contributed by atoms with Crippen LogP contribution in [-0.2, 0) is 14.3 Å². The van der Waals surface area contributed by atoms with E-state index in [-0.39, 0.29) is 28.7 Å². The molecule has 4 fully saturated rings. The van der Waals surface area contributed by atoms with Crippen molar-refractivity contribution in [2.75, 3.05) is 0 Å². The first-order chi connectivity index (χ1) is 14.2. The van der Waals surface area contributed by atoms with Crippen LogP contribution in [0.25, 0.3) is 0 Å². The Morgan fingerprint density at radius 2 is 1.83 bits per heavy atom. The quantitative estimate of drug-likeness (QED) is 0.647. The summed E-state index contributed by atoms with van der Waals surface area (Å²) in [6.45, 7) is 6.32. The zero-order chi connectivity index (χ0) is 21.3. The standard InChI is InChI=1S/C26H38O4/c1-16(27)30-20-8-11-24(2)18(15-20)5-7-23-22(24)9-12-25(3)21(10-13-26(23,25)29)17-4-6-19(28)14-17/h14,18,20-23,29H,4-13,15H2,1-3H3/t18?,20?,21?,22-,23+,24?,25?,26?/m0/s1. The molecule has 1 N–H and O–H groups in total. The van der Waals surface area contributed by atoms with E-state index < -0.39 is 5.60 Å². The fraction of sp³-hybridized carbons (Fsp3) is 0.846. The van der Waals surface area contributed by atoms with Gasteiger partial charge in [-0.3, -0.25) is 9.59 Å². The number of fused-ring (bicyclic) bond motifs is 5. The van der Waals surface area contributed by atoms with E-state index in [0.29, 0.717) is 30.1 Å². The van der Waals surface area contributed by atoms with Crippen LogP contribution in [0.3, 0.4) is 0 Å². The topological polar surface area (TPSA) is 63.6 Å². The van der Waals surface area contributed by atoms with Crippen molar-refractivity contribution in [1.82, 2.24) is 0 Å². The molecule has 5 aliphatic carbocycles. The van der Waals surface area contributed by atoms with E-state index in [1.54, 1.807) is 0 Å². The van der Waals surface area contributed by atoms with Gasteiger partial charge in [0.2, 0.25) is 0 Å². The summed E-state index contributed by atoms with van der Waals surface area (Å²) in [7, 11) is 0. The van der Waals surface area contributed by atoms with Crippen LogP contribution in [0.15, 0.2) is 11.6 Å². The number of ether oxygens (including phenoxy) is 1. The van der Waals surface area contributed by atoms with E-state index in [4.69, 9.17) is 4.74 Å². The van der Waals surface area contributed by atoms with Crippen molar-refractivity contribution in [1.29, 1.82) is 0 Å². The third kappa shape index (κ3) is 2.81. The van der Waals surface area contributed by atoms with Gasteiger partial charge in [0.05, 0.1) is 5.60 Å². The van der Waals surface area contributed by atoms with E-state index in [2.05, 4.69) is 13.8 Å². The van der Waals surface area contributed by atoms with Gasteiger partial charge in [0.25, 0.3) is 0 Å². The summed E-state index contributed by atoms with van der Waals surface area (Å²) in [4.78, 5) is 23.4. The summed E-state index contributed by atoms with van der Waals surface area (Å²) in [5.74, 6) is 2.01. The Kier molecular flexibility index (Phi) is 4.78. The molecule has 0 aromatic rings. The van der Waals surface area contributed by atoms with Crippen molar-refractivity contribution in [3.05, 3.63) is 11.6 Å². The monoisotopic (exact) mass is 414 g/mol. The van der Waals surface area contributed by atoms with Crippen molar-refractivity contribution in [2.45, 2.75) is 103 Å². The number of hydrogen-bond donors (Lipinski definition) is 1. The van der Waals surface area contributed by atoms with Gasteiger partial charge in [0.1, 0.15) is 6.10 Å². The fourth-order valence-electron chi connectivity index (χ4n) is 9.02. The summed E-state index contributed by atoms with van der Waals surface area (Å²) in [5, 5.41) is 12.3. The molecular weight excluding hydrogens is 376 g/mol. The van der Waals surface area contributed by atoms with E-state index in [1.165, 1.54) is 18.9 Å². The molecule has 0 heterocycles. The molecule has 166 valence electrons. The second-order valence-corrected chi connectivity index (χ2v) is 11.7. The molecule has 0 aromatic heterocycles. The Morgan fingerprint density at radius 3 is 2.53 bits per heavy atom. The zero-order valence-corrected chi connectivity index (χ0v) is 18.9. The van der Waals surface area contributed by atoms with Gasteiger partial charge >= 0.3 is 5.97 Å². The number of allylic oxidation sites excluding steroid dienone is 2. The molecule has 0 bridgehead atoms. The summed E-state index contributed by atoms with van der Waals surface area (Å²) in [6.07, 6.45) is 13.0. The molecule has 4 nitrogen and oxygen atoms in total.